The molecule has 25 heavy (non-hydrogen) atoms. The van der Waals surface area contributed by atoms with Crippen molar-refractivity contribution in [1.82, 2.24) is 14.5 Å². The summed E-state index contributed by atoms with van der Waals surface area (Å²) in [6.07, 6.45) is 2.83. The van der Waals surface area contributed by atoms with Crippen molar-refractivity contribution in [2.45, 2.75) is 39.3 Å². The van der Waals surface area contributed by atoms with Gasteiger partial charge >= 0.3 is 0 Å². The topological polar surface area (TPSA) is 98.3 Å². The van der Waals surface area contributed by atoms with Crippen LogP contribution in [0.25, 0.3) is 10.9 Å². The number of hydrogen-bond acceptors (Lipinski definition) is 4. The van der Waals surface area contributed by atoms with Crippen LogP contribution >= 0.6 is 0 Å². The van der Waals surface area contributed by atoms with Gasteiger partial charge in [-0.1, -0.05) is 12.1 Å². The molecule has 0 saturated carbocycles. The van der Waals surface area contributed by atoms with Crippen LogP contribution in [0, 0.1) is 12.8 Å². The molecule has 1 saturated heterocycles. The van der Waals surface area contributed by atoms with E-state index < -0.39 is 0 Å². The van der Waals surface area contributed by atoms with Crippen LogP contribution in [0.3, 0.4) is 0 Å². The van der Waals surface area contributed by atoms with Gasteiger partial charge in [0.2, 0.25) is 11.8 Å². The van der Waals surface area contributed by atoms with Crippen molar-refractivity contribution in [2.24, 2.45) is 11.7 Å². The number of benzene rings is 1. The Labute approximate surface area is 145 Å². The molecular formula is C18H22N4O3. The van der Waals surface area contributed by atoms with E-state index >= 15 is 0 Å². The van der Waals surface area contributed by atoms with Crippen LogP contribution in [0.4, 0.5) is 0 Å². The molecule has 2 unspecified atom stereocenters. The number of nitrogens with zero attached hydrogens (tertiary/aromatic N) is 3. The van der Waals surface area contributed by atoms with Crippen LogP contribution in [0.15, 0.2) is 29.3 Å². The molecule has 1 aliphatic rings. The van der Waals surface area contributed by atoms with Gasteiger partial charge in [-0.05, 0) is 38.3 Å². The fourth-order valence-electron chi connectivity index (χ4n) is 3.37. The lowest BCUT2D eigenvalue weighted by atomic mass is 9.93. The van der Waals surface area contributed by atoms with Crippen LogP contribution in [0.5, 0.6) is 0 Å². The Morgan fingerprint density at radius 1 is 1.32 bits per heavy atom. The van der Waals surface area contributed by atoms with Gasteiger partial charge in [0.1, 0.15) is 6.54 Å². The maximum atomic E-state index is 12.7. The third-order valence-electron chi connectivity index (χ3n) is 4.97. The summed E-state index contributed by atoms with van der Waals surface area (Å²) in [6, 6.07) is 5.43. The lowest BCUT2D eigenvalue weighted by Crippen LogP contribution is -2.50. The fraction of sp³-hybridized carbons (Fsp3) is 0.444. The zero-order valence-electron chi connectivity index (χ0n) is 14.4. The predicted octanol–water partition coefficient (Wildman–Crippen LogP) is 0.817. The summed E-state index contributed by atoms with van der Waals surface area (Å²) in [6.45, 7) is 4.05. The Bertz CT molecular complexity index is 890. The highest BCUT2D eigenvalue weighted by Gasteiger charge is 2.31. The third-order valence-corrected chi connectivity index (χ3v) is 4.97. The standard InChI is InChI=1S/C18H22N4O3/c1-11-4-3-5-14-16(11)20-10-21(18(14)25)9-15(23)22-8-13(17(19)24)7-6-12(22)2/h3-5,10,12-13H,6-9H2,1-2H3,(H2,19,24). The van der Waals surface area contributed by atoms with Crippen LogP contribution in [0.2, 0.25) is 0 Å². The van der Waals surface area contributed by atoms with E-state index in [1.165, 1.54) is 10.9 Å². The van der Waals surface area contributed by atoms with Crippen molar-refractivity contribution in [3.63, 3.8) is 0 Å². The van der Waals surface area contributed by atoms with Crippen molar-refractivity contribution < 1.29 is 9.59 Å². The summed E-state index contributed by atoms with van der Waals surface area (Å²) < 4.78 is 1.32. The van der Waals surface area contributed by atoms with Gasteiger partial charge in [0, 0.05) is 12.6 Å². The minimum absolute atomic E-state index is 0.0227. The predicted molar refractivity (Wildman–Crippen MR) is 93.8 cm³/mol. The normalized spacial score (nSPS) is 20.6. The highest BCUT2D eigenvalue weighted by atomic mass is 16.2. The summed E-state index contributed by atoms with van der Waals surface area (Å²) in [5.41, 5.74) is 6.72. The van der Waals surface area contributed by atoms with E-state index in [0.29, 0.717) is 23.9 Å². The maximum Gasteiger partial charge on any atom is 0.261 e. The van der Waals surface area contributed by atoms with Crippen molar-refractivity contribution >= 4 is 22.7 Å². The number of hydrogen-bond donors (Lipinski definition) is 1. The van der Waals surface area contributed by atoms with E-state index in [1.54, 1.807) is 17.0 Å². The Morgan fingerprint density at radius 2 is 2.08 bits per heavy atom. The van der Waals surface area contributed by atoms with E-state index in [9.17, 15) is 14.4 Å². The molecule has 132 valence electrons. The molecule has 0 radical (unpaired) electrons. The summed E-state index contributed by atoms with van der Waals surface area (Å²) in [7, 11) is 0. The summed E-state index contributed by atoms with van der Waals surface area (Å²) in [4.78, 5) is 42.7. The van der Waals surface area contributed by atoms with Gasteiger partial charge in [-0.15, -0.1) is 0 Å². The van der Waals surface area contributed by atoms with E-state index in [4.69, 9.17) is 5.73 Å². The Balaban J connectivity index is 1.85. The van der Waals surface area contributed by atoms with Crippen LogP contribution in [-0.2, 0) is 16.1 Å². The van der Waals surface area contributed by atoms with Crippen molar-refractivity contribution in [2.75, 3.05) is 6.54 Å². The third kappa shape index (κ3) is 3.26. The molecule has 3 rings (SSSR count). The number of amides is 2. The smallest absolute Gasteiger partial charge is 0.261 e. The Hall–Kier alpha value is -2.70. The number of primary amides is 1. The number of aromatic nitrogens is 2. The zero-order valence-corrected chi connectivity index (χ0v) is 14.4. The Morgan fingerprint density at radius 3 is 2.80 bits per heavy atom. The molecule has 0 aliphatic carbocycles. The minimum atomic E-state index is -0.385. The van der Waals surface area contributed by atoms with E-state index in [2.05, 4.69) is 4.98 Å². The average molecular weight is 342 g/mol. The number of carbonyl (C=O) groups is 2. The lowest BCUT2D eigenvalue weighted by molar-refractivity contribution is -0.138. The largest absolute Gasteiger partial charge is 0.369 e. The van der Waals surface area contributed by atoms with Crippen molar-refractivity contribution in [3.8, 4) is 0 Å². The zero-order chi connectivity index (χ0) is 18.1. The first-order chi connectivity index (χ1) is 11.9. The van der Waals surface area contributed by atoms with E-state index in [-0.39, 0.29) is 35.9 Å². The van der Waals surface area contributed by atoms with E-state index in [0.717, 1.165) is 12.0 Å². The van der Waals surface area contributed by atoms with Gasteiger partial charge < -0.3 is 10.6 Å². The van der Waals surface area contributed by atoms with Crippen LogP contribution in [0.1, 0.15) is 25.3 Å². The second-order valence-electron chi connectivity index (χ2n) is 6.72. The summed E-state index contributed by atoms with van der Waals surface area (Å²) >= 11 is 0. The van der Waals surface area contributed by atoms with Crippen LogP contribution in [-0.4, -0.2) is 38.9 Å². The maximum absolute atomic E-state index is 12.7. The molecule has 1 aliphatic heterocycles. The van der Waals surface area contributed by atoms with Crippen molar-refractivity contribution in [1.29, 1.82) is 0 Å². The molecule has 1 aromatic carbocycles. The molecule has 0 bridgehead atoms. The minimum Gasteiger partial charge on any atom is -0.369 e. The molecule has 2 aromatic rings. The molecule has 1 fully saturated rings. The monoisotopic (exact) mass is 342 g/mol. The van der Waals surface area contributed by atoms with Gasteiger partial charge in [-0.3, -0.25) is 19.0 Å². The van der Waals surface area contributed by atoms with Crippen LogP contribution < -0.4 is 11.3 Å². The molecule has 2 amide bonds. The Kier molecular flexibility index (Phi) is 4.57. The first-order valence-electron chi connectivity index (χ1n) is 8.42. The first kappa shape index (κ1) is 17.1. The number of aryl methyl sites for hydroxylation is 1. The molecule has 2 atom stereocenters. The van der Waals surface area contributed by atoms with Gasteiger partial charge in [-0.2, -0.15) is 0 Å². The fourth-order valence-corrected chi connectivity index (χ4v) is 3.37. The van der Waals surface area contributed by atoms with E-state index in [1.807, 2.05) is 19.9 Å². The summed E-state index contributed by atoms with van der Waals surface area (Å²) in [5.74, 6) is -0.909. The quantitative estimate of drug-likeness (QED) is 0.892. The number of nitrogens with two attached hydrogens (primary N) is 1. The number of carbonyl (C=O) groups excluding carboxylic acids is 2. The molecule has 7 nitrogen and oxygen atoms in total. The molecule has 2 heterocycles. The highest BCUT2D eigenvalue weighted by molar-refractivity contribution is 5.82. The number of fused-ring (bicyclic) bond motifs is 1. The van der Waals surface area contributed by atoms with Gasteiger partial charge in [0.05, 0.1) is 23.1 Å². The number of rotatable bonds is 3. The SMILES string of the molecule is Cc1cccc2c(=O)n(CC(=O)N3CC(C(N)=O)CCC3C)cnc12. The van der Waals surface area contributed by atoms with Crippen molar-refractivity contribution in [3.05, 3.63) is 40.4 Å². The molecule has 2 N–H and O–H groups in total. The lowest BCUT2D eigenvalue weighted by Gasteiger charge is -2.37. The number of para-hydroxylation sites is 1. The van der Waals surface area contributed by atoms with Gasteiger partial charge in [0.25, 0.3) is 5.56 Å². The highest BCUT2D eigenvalue weighted by Crippen LogP contribution is 2.22. The first-order valence-corrected chi connectivity index (χ1v) is 8.42. The molecular weight excluding hydrogens is 320 g/mol. The number of likely N-dealkylation sites (tertiary alicyclic amines) is 1. The summed E-state index contributed by atoms with van der Waals surface area (Å²) in [5, 5.41) is 0.497. The molecule has 7 heteroatoms. The molecule has 0 spiro atoms. The number of piperidine rings is 1. The van der Waals surface area contributed by atoms with Gasteiger partial charge in [0.15, 0.2) is 0 Å². The second-order valence-corrected chi connectivity index (χ2v) is 6.72. The molecule has 1 aromatic heterocycles. The average Bonchev–Trinajstić information content (AvgIpc) is 2.58. The van der Waals surface area contributed by atoms with Gasteiger partial charge in [-0.25, -0.2) is 4.98 Å². The second kappa shape index (κ2) is 6.66.